The standard InChI is InChI=1S/C34H32FN3O4/c1-21(2)20-38-34(40)24-9-13-29(41-16-14-27-5-3-4-15-37-27)25(19-24)17-22-6-12-30-28(18-22)31(33(36)39)32(42-30)23-7-10-26(35)11-8-23/h3-13,15,18-19,21H,14,16-17,20H2,1-2H3,(H2,36,39)(H,38,40). The fraction of sp³-hybridized carbons (Fsp3) is 0.206. The van der Waals surface area contributed by atoms with Crippen LogP contribution >= 0.6 is 0 Å². The smallest absolute Gasteiger partial charge is 0.253 e. The maximum Gasteiger partial charge on any atom is 0.253 e. The number of carbonyl (C=O) groups excluding carboxylic acids is 2. The largest absolute Gasteiger partial charge is 0.493 e. The second kappa shape index (κ2) is 12.7. The fourth-order valence-corrected chi connectivity index (χ4v) is 4.73. The van der Waals surface area contributed by atoms with E-state index < -0.39 is 11.7 Å². The highest BCUT2D eigenvalue weighted by molar-refractivity contribution is 6.10. The van der Waals surface area contributed by atoms with Gasteiger partial charge in [0.25, 0.3) is 11.8 Å². The monoisotopic (exact) mass is 565 g/mol. The number of amides is 2. The number of rotatable bonds is 11. The summed E-state index contributed by atoms with van der Waals surface area (Å²) in [6.07, 6.45) is 2.81. The molecule has 8 heteroatoms. The summed E-state index contributed by atoms with van der Waals surface area (Å²) in [6, 6.07) is 22.4. The molecule has 2 aromatic heterocycles. The molecule has 5 rings (SSSR count). The zero-order valence-corrected chi connectivity index (χ0v) is 23.5. The average molecular weight is 566 g/mol. The Kier molecular flexibility index (Phi) is 8.62. The Morgan fingerprint density at radius 1 is 1.02 bits per heavy atom. The summed E-state index contributed by atoms with van der Waals surface area (Å²) in [5.41, 5.74) is 10.2. The Labute approximate surface area is 243 Å². The summed E-state index contributed by atoms with van der Waals surface area (Å²) in [5.74, 6) is 0.0695. The fourth-order valence-electron chi connectivity index (χ4n) is 4.73. The van der Waals surface area contributed by atoms with E-state index in [-0.39, 0.29) is 17.2 Å². The van der Waals surface area contributed by atoms with Crippen LogP contribution in [-0.2, 0) is 12.8 Å². The summed E-state index contributed by atoms with van der Waals surface area (Å²) in [7, 11) is 0. The lowest BCUT2D eigenvalue weighted by Gasteiger charge is -2.14. The zero-order valence-electron chi connectivity index (χ0n) is 23.5. The highest BCUT2D eigenvalue weighted by atomic mass is 19.1. The number of aromatic nitrogens is 1. The molecule has 3 aromatic carbocycles. The van der Waals surface area contributed by atoms with E-state index in [2.05, 4.69) is 10.3 Å². The Morgan fingerprint density at radius 2 is 1.83 bits per heavy atom. The molecule has 0 atom stereocenters. The molecule has 0 bridgehead atoms. The molecule has 0 aliphatic carbocycles. The number of hydrogen-bond acceptors (Lipinski definition) is 5. The number of primary amides is 1. The third-order valence-corrected chi connectivity index (χ3v) is 6.84. The summed E-state index contributed by atoms with van der Waals surface area (Å²) in [5, 5.41) is 3.52. The third-order valence-electron chi connectivity index (χ3n) is 6.84. The van der Waals surface area contributed by atoms with Crippen molar-refractivity contribution >= 4 is 22.8 Å². The molecule has 0 aliphatic rings. The number of ether oxygens (including phenoxy) is 1. The minimum absolute atomic E-state index is 0.157. The van der Waals surface area contributed by atoms with E-state index in [9.17, 15) is 14.0 Å². The number of halogens is 1. The van der Waals surface area contributed by atoms with Gasteiger partial charge >= 0.3 is 0 Å². The van der Waals surface area contributed by atoms with Crippen LogP contribution in [0.15, 0.2) is 89.5 Å². The first kappa shape index (κ1) is 28.5. The van der Waals surface area contributed by atoms with Crippen molar-refractivity contribution in [2.24, 2.45) is 11.7 Å². The van der Waals surface area contributed by atoms with Gasteiger partial charge in [0, 0.05) is 47.8 Å². The summed E-state index contributed by atoms with van der Waals surface area (Å²) in [6.45, 7) is 5.06. The van der Waals surface area contributed by atoms with Crippen molar-refractivity contribution in [3.05, 3.63) is 119 Å². The lowest BCUT2D eigenvalue weighted by molar-refractivity contribution is 0.0947. The minimum atomic E-state index is -0.646. The number of nitrogens with two attached hydrogens (primary N) is 1. The highest BCUT2D eigenvalue weighted by Crippen LogP contribution is 2.35. The number of hydrogen-bond donors (Lipinski definition) is 2. The molecular weight excluding hydrogens is 533 g/mol. The van der Waals surface area contributed by atoms with Crippen molar-refractivity contribution in [1.82, 2.24) is 10.3 Å². The Morgan fingerprint density at radius 3 is 2.55 bits per heavy atom. The molecule has 2 heterocycles. The van der Waals surface area contributed by atoms with Gasteiger partial charge in [0.2, 0.25) is 0 Å². The predicted octanol–water partition coefficient (Wildman–Crippen LogP) is 6.33. The van der Waals surface area contributed by atoms with Crippen molar-refractivity contribution in [2.75, 3.05) is 13.2 Å². The topological polar surface area (TPSA) is 107 Å². The molecule has 0 unspecified atom stereocenters. The number of nitrogens with one attached hydrogen (secondary N) is 1. The van der Waals surface area contributed by atoms with Gasteiger partial charge in [-0.05, 0) is 83.8 Å². The summed E-state index contributed by atoms with van der Waals surface area (Å²) < 4.78 is 25.7. The minimum Gasteiger partial charge on any atom is -0.493 e. The molecule has 7 nitrogen and oxygen atoms in total. The molecule has 3 N–H and O–H groups in total. The van der Waals surface area contributed by atoms with Crippen molar-refractivity contribution in [3.63, 3.8) is 0 Å². The van der Waals surface area contributed by atoms with E-state index in [4.69, 9.17) is 14.9 Å². The van der Waals surface area contributed by atoms with Crippen molar-refractivity contribution in [1.29, 1.82) is 0 Å². The molecular formula is C34H32FN3O4. The van der Waals surface area contributed by atoms with Gasteiger partial charge in [0.1, 0.15) is 22.9 Å². The Hall–Kier alpha value is -4.98. The van der Waals surface area contributed by atoms with Gasteiger partial charge in [-0.3, -0.25) is 14.6 Å². The first-order valence-corrected chi connectivity index (χ1v) is 13.8. The van der Waals surface area contributed by atoms with Gasteiger partial charge in [-0.25, -0.2) is 4.39 Å². The van der Waals surface area contributed by atoms with E-state index in [1.807, 2.05) is 56.3 Å². The van der Waals surface area contributed by atoms with Crippen LogP contribution in [-0.4, -0.2) is 29.9 Å². The van der Waals surface area contributed by atoms with Gasteiger partial charge < -0.3 is 20.2 Å². The lowest BCUT2D eigenvalue weighted by atomic mass is 9.98. The summed E-state index contributed by atoms with van der Waals surface area (Å²) >= 11 is 0. The van der Waals surface area contributed by atoms with Gasteiger partial charge in [0.15, 0.2) is 0 Å². The maximum atomic E-state index is 13.5. The number of carbonyl (C=O) groups is 2. The van der Waals surface area contributed by atoms with Crippen LogP contribution in [0.1, 0.15) is 51.4 Å². The molecule has 0 radical (unpaired) electrons. The first-order chi connectivity index (χ1) is 20.3. The van der Waals surface area contributed by atoms with Gasteiger partial charge in [-0.1, -0.05) is 26.0 Å². The van der Waals surface area contributed by atoms with Gasteiger partial charge in [-0.15, -0.1) is 0 Å². The van der Waals surface area contributed by atoms with E-state index in [1.165, 1.54) is 12.1 Å². The van der Waals surface area contributed by atoms with E-state index >= 15 is 0 Å². The SMILES string of the molecule is CC(C)CNC(=O)c1ccc(OCCc2ccccn2)c(Cc2ccc3oc(-c4ccc(F)cc4)c(C(N)=O)c3c2)c1. The molecule has 2 amide bonds. The number of benzene rings is 3. The van der Waals surface area contributed by atoms with Crippen molar-refractivity contribution in [2.45, 2.75) is 26.7 Å². The van der Waals surface area contributed by atoms with Crippen LogP contribution in [0.3, 0.4) is 0 Å². The molecule has 42 heavy (non-hydrogen) atoms. The van der Waals surface area contributed by atoms with Crippen LogP contribution in [0.25, 0.3) is 22.3 Å². The quantitative estimate of drug-likeness (QED) is 0.195. The van der Waals surface area contributed by atoms with Crippen LogP contribution in [0.2, 0.25) is 0 Å². The normalized spacial score (nSPS) is 11.1. The number of fused-ring (bicyclic) bond motifs is 1. The molecule has 0 aliphatic heterocycles. The number of pyridine rings is 1. The Balaban J connectivity index is 1.47. The zero-order chi connectivity index (χ0) is 29.6. The number of nitrogens with zero attached hydrogens (tertiary/aromatic N) is 1. The Bertz CT molecular complexity index is 1710. The van der Waals surface area contributed by atoms with E-state index in [0.29, 0.717) is 59.8 Å². The van der Waals surface area contributed by atoms with Gasteiger partial charge in [-0.2, -0.15) is 0 Å². The molecule has 0 saturated heterocycles. The van der Waals surface area contributed by atoms with Crippen LogP contribution in [0, 0.1) is 11.7 Å². The van der Waals surface area contributed by atoms with E-state index in [1.54, 1.807) is 30.5 Å². The molecule has 5 aromatic rings. The van der Waals surface area contributed by atoms with Crippen LogP contribution < -0.4 is 15.8 Å². The second-order valence-electron chi connectivity index (χ2n) is 10.5. The molecule has 0 fully saturated rings. The highest BCUT2D eigenvalue weighted by Gasteiger charge is 2.21. The molecule has 0 saturated carbocycles. The van der Waals surface area contributed by atoms with Crippen molar-refractivity contribution in [3.8, 4) is 17.1 Å². The molecule has 0 spiro atoms. The van der Waals surface area contributed by atoms with E-state index in [0.717, 1.165) is 16.8 Å². The van der Waals surface area contributed by atoms with Crippen molar-refractivity contribution < 1.29 is 23.1 Å². The predicted molar refractivity (Wildman–Crippen MR) is 160 cm³/mol. The average Bonchev–Trinajstić information content (AvgIpc) is 3.36. The first-order valence-electron chi connectivity index (χ1n) is 13.8. The third kappa shape index (κ3) is 6.66. The molecule has 214 valence electrons. The summed E-state index contributed by atoms with van der Waals surface area (Å²) in [4.78, 5) is 29.8. The maximum absolute atomic E-state index is 13.5. The van der Waals surface area contributed by atoms with Gasteiger partial charge in [0.05, 0.1) is 12.2 Å². The lowest BCUT2D eigenvalue weighted by Crippen LogP contribution is -2.27. The second-order valence-corrected chi connectivity index (χ2v) is 10.5. The van der Waals surface area contributed by atoms with Crippen LogP contribution in [0.5, 0.6) is 5.75 Å². The number of furan rings is 1. The van der Waals surface area contributed by atoms with Crippen LogP contribution in [0.4, 0.5) is 4.39 Å².